The fraction of sp³-hybridized carbons (Fsp3) is 0.514. The third-order valence-corrected chi connectivity index (χ3v) is 10.0. The SMILES string of the molecule is CC1(C)CCC(CN2CCN(CCCc3ccc4c(c3)CN(C3CCC(=O)NC3=O)C4=O)CC2)=C(c2ccc(Cl)cc2)C1. The van der Waals surface area contributed by atoms with Gasteiger partial charge in [-0.3, -0.25) is 24.6 Å². The number of carbonyl (C=O) groups excluding carboxylic acids is 3. The summed E-state index contributed by atoms with van der Waals surface area (Å²) in [4.78, 5) is 43.7. The molecule has 2 aromatic carbocycles. The van der Waals surface area contributed by atoms with Gasteiger partial charge in [-0.05, 0) is 90.9 Å². The first-order valence-corrected chi connectivity index (χ1v) is 16.2. The number of halogens is 1. The van der Waals surface area contributed by atoms with Gasteiger partial charge in [-0.15, -0.1) is 0 Å². The van der Waals surface area contributed by atoms with E-state index in [9.17, 15) is 14.4 Å². The Morgan fingerprint density at radius 2 is 1.70 bits per heavy atom. The van der Waals surface area contributed by atoms with Crippen LogP contribution < -0.4 is 5.32 Å². The summed E-state index contributed by atoms with van der Waals surface area (Å²) in [6, 6.07) is 13.9. The Labute approximate surface area is 260 Å². The minimum atomic E-state index is -0.565. The number of aryl methyl sites for hydroxylation is 1. The Morgan fingerprint density at radius 1 is 0.953 bits per heavy atom. The molecule has 7 nitrogen and oxygen atoms in total. The molecule has 1 aliphatic carbocycles. The summed E-state index contributed by atoms with van der Waals surface area (Å²) in [6.45, 7) is 11.7. The van der Waals surface area contributed by atoms with Gasteiger partial charge in [-0.2, -0.15) is 0 Å². The Morgan fingerprint density at radius 3 is 2.44 bits per heavy atom. The van der Waals surface area contributed by atoms with Crippen molar-refractivity contribution in [1.82, 2.24) is 20.0 Å². The topological polar surface area (TPSA) is 73.0 Å². The van der Waals surface area contributed by atoms with Gasteiger partial charge in [-0.25, -0.2) is 0 Å². The zero-order valence-corrected chi connectivity index (χ0v) is 26.2. The molecule has 2 aromatic rings. The van der Waals surface area contributed by atoms with E-state index in [0.29, 0.717) is 23.9 Å². The van der Waals surface area contributed by atoms with E-state index in [2.05, 4.69) is 53.2 Å². The second-order valence-electron chi connectivity index (χ2n) is 13.5. The average molecular weight is 603 g/mol. The highest BCUT2D eigenvalue weighted by Gasteiger charge is 2.39. The molecule has 0 bridgehead atoms. The molecule has 6 rings (SSSR count). The number of allylic oxidation sites excluding steroid dienone is 1. The normalized spacial score (nSPS) is 23.1. The maximum absolute atomic E-state index is 13.0. The van der Waals surface area contributed by atoms with E-state index in [-0.39, 0.29) is 24.1 Å². The molecule has 2 fully saturated rings. The molecule has 3 aliphatic heterocycles. The lowest BCUT2D eigenvalue weighted by Crippen LogP contribution is -2.52. The van der Waals surface area contributed by atoms with Gasteiger partial charge in [0.2, 0.25) is 11.8 Å². The summed E-state index contributed by atoms with van der Waals surface area (Å²) < 4.78 is 0. The zero-order chi connectivity index (χ0) is 30.1. The summed E-state index contributed by atoms with van der Waals surface area (Å²) >= 11 is 6.19. The number of fused-ring (bicyclic) bond motifs is 1. The number of rotatable bonds is 8. The number of benzene rings is 2. The molecule has 0 spiro atoms. The van der Waals surface area contributed by atoms with Crippen LogP contribution in [0, 0.1) is 5.41 Å². The van der Waals surface area contributed by atoms with E-state index in [1.165, 1.54) is 29.5 Å². The second kappa shape index (κ2) is 12.5. The van der Waals surface area contributed by atoms with Crippen molar-refractivity contribution in [2.75, 3.05) is 39.3 Å². The molecule has 1 atom stereocenters. The standard InChI is InChI=1S/C35H43ClN4O3/c1-35(2)14-13-26(30(21-35)25-6-8-28(36)9-7-25)22-39-18-16-38(17-19-39)15-3-4-24-5-10-29-27(20-24)23-40(34(29)43)31-11-12-32(41)37-33(31)42/h5-10,20,31H,3-4,11-19,21-23H2,1-2H3,(H,37,41,42). The molecule has 1 unspecified atom stereocenters. The summed E-state index contributed by atoms with van der Waals surface area (Å²) in [5.41, 5.74) is 7.67. The van der Waals surface area contributed by atoms with Crippen molar-refractivity contribution in [2.24, 2.45) is 5.41 Å². The Kier molecular flexibility index (Phi) is 8.77. The van der Waals surface area contributed by atoms with Crippen molar-refractivity contribution in [2.45, 2.75) is 71.4 Å². The molecule has 3 heterocycles. The lowest BCUT2D eigenvalue weighted by molar-refractivity contribution is -0.136. The van der Waals surface area contributed by atoms with Crippen LogP contribution in [0.2, 0.25) is 5.02 Å². The van der Waals surface area contributed by atoms with Gasteiger partial charge >= 0.3 is 0 Å². The number of nitrogens with one attached hydrogen (secondary N) is 1. The highest BCUT2D eigenvalue weighted by Crippen LogP contribution is 2.43. The number of hydrogen-bond donors (Lipinski definition) is 1. The van der Waals surface area contributed by atoms with E-state index >= 15 is 0 Å². The summed E-state index contributed by atoms with van der Waals surface area (Å²) in [5.74, 6) is -0.732. The quantitative estimate of drug-likeness (QED) is 0.414. The van der Waals surface area contributed by atoms with Crippen LogP contribution in [0.4, 0.5) is 0 Å². The molecule has 228 valence electrons. The predicted molar refractivity (Wildman–Crippen MR) is 170 cm³/mol. The molecule has 0 saturated carbocycles. The van der Waals surface area contributed by atoms with Crippen molar-refractivity contribution < 1.29 is 14.4 Å². The van der Waals surface area contributed by atoms with Gasteiger partial charge in [0.1, 0.15) is 6.04 Å². The lowest BCUT2D eigenvalue weighted by Gasteiger charge is -2.38. The van der Waals surface area contributed by atoms with Crippen molar-refractivity contribution in [1.29, 1.82) is 0 Å². The van der Waals surface area contributed by atoms with E-state index in [1.807, 2.05) is 18.2 Å². The number of nitrogens with zero attached hydrogens (tertiary/aromatic N) is 3. The highest BCUT2D eigenvalue weighted by molar-refractivity contribution is 6.30. The second-order valence-corrected chi connectivity index (χ2v) is 14.0. The first-order valence-electron chi connectivity index (χ1n) is 15.8. The van der Waals surface area contributed by atoms with E-state index in [4.69, 9.17) is 11.6 Å². The van der Waals surface area contributed by atoms with Crippen LogP contribution in [-0.4, -0.2) is 77.7 Å². The fourth-order valence-corrected chi connectivity index (χ4v) is 7.32. The van der Waals surface area contributed by atoms with Gasteiger partial charge < -0.3 is 9.80 Å². The van der Waals surface area contributed by atoms with Crippen LogP contribution in [0.3, 0.4) is 0 Å². The maximum Gasteiger partial charge on any atom is 0.255 e. The number of hydrogen-bond acceptors (Lipinski definition) is 5. The number of piperazine rings is 1. The third-order valence-electron chi connectivity index (χ3n) is 9.79. The first-order chi connectivity index (χ1) is 20.6. The molecule has 0 aromatic heterocycles. The van der Waals surface area contributed by atoms with Crippen molar-refractivity contribution in [3.63, 3.8) is 0 Å². The molecule has 43 heavy (non-hydrogen) atoms. The minimum Gasteiger partial charge on any atom is -0.322 e. The lowest BCUT2D eigenvalue weighted by atomic mass is 9.72. The number of piperidine rings is 1. The Balaban J connectivity index is 0.987. The van der Waals surface area contributed by atoms with Crippen LogP contribution in [0.5, 0.6) is 0 Å². The number of carbonyl (C=O) groups is 3. The van der Waals surface area contributed by atoms with E-state index in [0.717, 1.165) is 69.1 Å². The van der Waals surface area contributed by atoms with E-state index < -0.39 is 6.04 Å². The van der Waals surface area contributed by atoms with Crippen molar-refractivity contribution in [3.8, 4) is 0 Å². The molecule has 0 radical (unpaired) electrons. The van der Waals surface area contributed by atoms with Crippen LogP contribution in [0.25, 0.3) is 5.57 Å². The largest absolute Gasteiger partial charge is 0.322 e. The molecule has 2 saturated heterocycles. The number of imide groups is 1. The molecule has 4 aliphatic rings. The molecule has 1 N–H and O–H groups in total. The Bertz CT molecular complexity index is 1430. The first kappa shape index (κ1) is 30.0. The molecular weight excluding hydrogens is 560 g/mol. The van der Waals surface area contributed by atoms with Crippen LogP contribution in [-0.2, 0) is 22.6 Å². The van der Waals surface area contributed by atoms with Gasteiger partial charge in [0.25, 0.3) is 5.91 Å². The average Bonchev–Trinajstić information content (AvgIpc) is 3.30. The monoisotopic (exact) mass is 602 g/mol. The third kappa shape index (κ3) is 6.89. The molecular formula is C35H43ClN4O3. The molecule has 3 amide bonds. The van der Waals surface area contributed by atoms with Crippen molar-refractivity contribution in [3.05, 3.63) is 75.3 Å². The highest BCUT2D eigenvalue weighted by atomic mass is 35.5. The van der Waals surface area contributed by atoms with Gasteiger partial charge in [0, 0.05) is 56.3 Å². The smallest absolute Gasteiger partial charge is 0.255 e. The van der Waals surface area contributed by atoms with Gasteiger partial charge in [-0.1, -0.05) is 55.3 Å². The molecule has 8 heteroatoms. The minimum absolute atomic E-state index is 0.109. The van der Waals surface area contributed by atoms with E-state index in [1.54, 1.807) is 10.5 Å². The van der Waals surface area contributed by atoms with Crippen LogP contribution >= 0.6 is 11.6 Å². The maximum atomic E-state index is 13.0. The summed E-state index contributed by atoms with van der Waals surface area (Å²) in [5, 5.41) is 3.17. The van der Waals surface area contributed by atoms with Crippen LogP contribution in [0.15, 0.2) is 48.0 Å². The zero-order valence-electron chi connectivity index (χ0n) is 25.5. The van der Waals surface area contributed by atoms with Gasteiger partial charge in [0.15, 0.2) is 0 Å². The Hall–Kier alpha value is -3.00. The van der Waals surface area contributed by atoms with Crippen molar-refractivity contribution >= 4 is 34.9 Å². The van der Waals surface area contributed by atoms with Gasteiger partial charge in [0.05, 0.1) is 0 Å². The summed E-state index contributed by atoms with van der Waals surface area (Å²) in [7, 11) is 0. The predicted octanol–water partition coefficient (Wildman–Crippen LogP) is 5.32. The summed E-state index contributed by atoms with van der Waals surface area (Å²) in [6.07, 6.45) is 6.24. The fourth-order valence-electron chi connectivity index (χ4n) is 7.19. The van der Waals surface area contributed by atoms with Crippen LogP contribution in [0.1, 0.15) is 79.4 Å². The number of amides is 3.